The van der Waals surface area contributed by atoms with Gasteiger partial charge >= 0.3 is 5.97 Å². The maximum Gasteiger partial charge on any atom is 0.335 e. The van der Waals surface area contributed by atoms with Gasteiger partial charge in [0.25, 0.3) is 0 Å². The molecular weight excluding hydrogens is 256 g/mol. The molecule has 3 N–H and O–H groups in total. The highest BCUT2D eigenvalue weighted by molar-refractivity contribution is 5.89. The molecule has 2 rings (SSSR count). The first-order valence-corrected chi connectivity index (χ1v) is 6.98. The summed E-state index contributed by atoms with van der Waals surface area (Å²) in [5.41, 5.74) is 1.06. The normalized spacial score (nSPS) is 18.5. The molecule has 108 valence electrons. The summed E-state index contributed by atoms with van der Waals surface area (Å²) >= 11 is 0. The van der Waals surface area contributed by atoms with Gasteiger partial charge in [0.2, 0.25) is 5.91 Å². The van der Waals surface area contributed by atoms with Gasteiger partial charge in [-0.3, -0.25) is 4.79 Å². The van der Waals surface area contributed by atoms with E-state index < -0.39 is 5.97 Å². The van der Waals surface area contributed by atoms with Crippen molar-refractivity contribution in [3.8, 4) is 0 Å². The van der Waals surface area contributed by atoms with Gasteiger partial charge in [0.1, 0.15) is 0 Å². The van der Waals surface area contributed by atoms with E-state index in [0.29, 0.717) is 18.5 Å². The molecule has 5 heteroatoms. The van der Waals surface area contributed by atoms with Crippen LogP contribution in [-0.4, -0.2) is 36.6 Å². The van der Waals surface area contributed by atoms with Gasteiger partial charge in [-0.1, -0.05) is 18.2 Å². The summed E-state index contributed by atoms with van der Waals surface area (Å²) in [6.45, 7) is 2.19. The molecule has 0 radical (unpaired) electrons. The van der Waals surface area contributed by atoms with E-state index in [0.717, 1.165) is 31.5 Å². The molecule has 0 saturated carbocycles. The molecule has 1 amide bonds. The van der Waals surface area contributed by atoms with Crippen molar-refractivity contribution in [3.63, 3.8) is 0 Å². The van der Waals surface area contributed by atoms with E-state index in [2.05, 4.69) is 10.6 Å². The summed E-state index contributed by atoms with van der Waals surface area (Å²) in [6.07, 6.45) is 2.48. The highest BCUT2D eigenvalue weighted by Gasteiger charge is 2.20. The van der Waals surface area contributed by atoms with Gasteiger partial charge in [0, 0.05) is 13.1 Å². The van der Waals surface area contributed by atoms with E-state index in [1.165, 1.54) is 0 Å². The number of hydrogen-bond donors (Lipinski definition) is 3. The minimum atomic E-state index is -0.927. The number of carboxylic acids is 1. The highest BCUT2D eigenvalue weighted by atomic mass is 16.4. The Balaban J connectivity index is 1.83. The first kappa shape index (κ1) is 14.5. The fraction of sp³-hybridized carbons (Fsp3) is 0.467. The second kappa shape index (κ2) is 7.05. The molecule has 1 aliphatic rings. The third-order valence-electron chi connectivity index (χ3n) is 3.61. The van der Waals surface area contributed by atoms with Gasteiger partial charge < -0.3 is 15.7 Å². The molecular formula is C15H20N2O3. The van der Waals surface area contributed by atoms with Crippen molar-refractivity contribution in [2.45, 2.75) is 19.3 Å². The van der Waals surface area contributed by atoms with E-state index in [1.807, 2.05) is 6.07 Å². The van der Waals surface area contributed by atoms with Crippen molar-refractivity contribution in [2.75, 3.05) is 19.6 Å². The molecule has 1 heterocycles. The lowest BCUT2D eigenvalue weighted by Gasteiger charge is -2.21. The van der Waals surface area contributed by atoms with Crippen molar-refractivity contribution >= 4 is 11.9 Å². The van der Waals surface area contributed by atoms with Crippen LogP contribution in [0, 0.1) is 5.92 Å². The third-order valence-corrected chi connectivity index (χ3v) is 3.61. The first-order valence-electron chi connectivity index (χ1n) is 6.98. The predicted octanol–water partition coefficient (Wildman–Crippen LogP) is 1.04. The lowest BCUT2D eigenvalue weighted by molar-refractivity contribution is -0.125. The molecule has 1 fully saturated rings. The molecule has 0 aliphatic carbocycles. The zero-order valence-electron chi connectivity index (χ0n) is 11.4. The van der Waals surface area contributed by atoms with Gasteiger partial charge in [-0.2, -0.15) is 0 Å². The first-order chi connectivity index (χ1) is 9.68. The zero-order chi connectivity index (χ0) is 14.4. The third kappa shape index (κ3) is 3.81. The predicted molar refractivity (Wildman–Crippen MR) is 75.7 cm³/mol. The van der Waals surface area contributed by atoms with E-state index >= 15 is 0 Å². The number of amides is 1. The van der Waals surface area contributed by atoms with Crippen molar-refractivity contribution < 1.29 is 14.7 Å². The van der Waals surface area contributed by atoms with Crippen molar-refractivity contribution in [1.29, 1.82) is 0 Å². The number of nitrogens with one attached hydrogen (secondary N) is 2. The fourth-order valence-corrected chi connectivity index (χ4v) is 2.49. The van der Waals surface area contributed by atoms with Crippen molar-refractivity contribution in [1.82, 2.24) is 10.6 Å². The average molecular weight is 276 g/mol. The number of hydrogen-bond acceptors (Lipinski definition) is 3. The number of carboxylic acid groups (broad SMARTS) is 1. The van der Waals surface area contributed by atoms with Gasteiger partial charge in [-0.15, -0.1) is 0 Å². The van der Waals surface area contributed by atoms with Crippen LogP contribution < -0.4 is 10.6 Å². The second-order valence-corrected chi connectivity index (χ2v) is 5.05. The van der Waals surface area contributed by atoms with E-state index in [1.54, 1.807) is 18.2 Å². The molecule has 1 aromatic carbocycles. The number of carbonyl (C=O) groups excluding carboxylic acids is 1. The number of rotatable bonds is 5. The Morgan fingerprint density at radius 3 is 2.85 bits per heavy atom. The summed E-state index contributed by atoms with van der Waals surface area (Å²) in [4.78, 5) is 23.0. The molecule has 0 aromatic heterocycles. The SMILES string of the molecule is O=C(O)c1ccccc1CCNC(=O)[C@@H]1CCCNC1. The molecule has 1 aliphatic heterocycles. The quantitative estimate of drug-likeness (QED) is 0.751. The van der Waals surface area contributed by atoms with E-state index in [4.69, 9.17) is 5.11 Å². The second-order valence-electron chi connectivity index (χ2n) is 5.05. The number of benzene rings is 1. The summed E-state index contributed by atoms with van der Waals surface area (Å²) in [5, 5.41) is 15.2. The Bertz CT molecular complexity index is 482. The van der Waals surface area contributed by atoms with Crippen LogP contribution in [-0.2, 0) is 11.2 Å². The topological polar surface area (TPSA) is 78.4 Å². The Kier molecular flexibility index (Phi) is 5.12. The molecule has 1 aromatic rings. The van der Waals surface area contributed by atoms with E-state index in [9.17, 15) is 9.59 Å². The summed E-state index contributed by atoms with van der Waals surface area (Å²) < 4.78 is 0. The Labute approximate surface area is 118 Å². The number of piperidine rings is 1. The maximum atomic E-state index is 11.9. The van der Waals surface area contributed by atoms with Gasteiger partial charge in [-0.05, 0) is 37.4 Å². The minimum absolute atomic E-state index is 0.0402. The van der Waals surface area contributed by atoms with E-state index in [-0.39, 0.29) is 11.8 Å². The largest absolute Gasteiger partial charge is 0.478 e. The molecule has 0 spiro atoms. The van der Waals surface area contributed by atoms with Gasteiger partial charge in [0.15, 0.2) is 0 Å². The monoisotopic (exact) mass is 276 g/mol. The van der Waals surface area contributed by atoms with Crippen LogP contribution in [0.5, 0.6) is 0 Å². The fourth-order valence-electron chi connectivity index (χ4n) is 2.49. The summed E-state index contributed by atoms with van der Waals surface area (Å²) in [6, 6.07) is 6.90. The summed E-state index contributed by atoms with van der Waals surface area (Å²) in [5.74, 6) is -0.827. The molecule has 0 bridgehead atoms. The Morgan fingerprint density at radius 1 is 1.35 bits per heavy atom. The Hall–Kier alpha value is -1.88. The van der Waals surface area contributed by atoms with Crippen LogP contribution in [0.2, 0.25) is 0 Å². The molecule has 20 heavy (non-hydrogen) atoms. The van der Waals surface area contributed by atoms with Crippen LogP contribution in [0.4, 0.5) is 0 Å². The smallest absolute Gasteiger partial charge is 0.335 e. The minimum Gasteiger partial charge on any atom is -0.478 e. The van der Waals surface area contributed by atoms with Gasteiger partial charge in [0.05, 0.1) is 11.5 Å². The van der Waals surface area contributed by atoms with Crippen molar-refractivity contribution in [3.05, 3.63) is 35.4 Å². The highest BCUT2D eigenvalue weighted by Crippen LogP contribution is 2.11. The van der Waals surface area contributed by atoms with Crippen LogP contribution in [0.3, 0.4) is 0 Å². The molecule has 5 nitrogen and oxygen atoms in total. The van der Waals surface area contributed by atoms with Crippen LogP contribution in [0.15, 0.2) is 24.3 Å². The maximum absolute atomic E-state index is 11.9. The lowest BCUT2D eigenvalue weighted by atomic mass is 9.98. The van der Waals surface area contributed by atoms with Crippen LogP contribution in [0.25, 0.3) is 0 Å². The Morgan fingerprint density at radius 2 is 2.15 bits per heavy atom. The molecule has 1 saturated heterocycles. The lowest BCUT2D eigenvalue weighted by Crippen LogP contribution is -2.41. The van der Waals surface area contributed by atoms with Crippen molar-refractivity contribution in [2.24, 2.45) is 5.92 Å². The summed E-state index contributed by atoms with van der Waals surface area (Å²) in [7, 11) is 0. The van der Waals surface area contributed by atoms with Crippen LogP contribution >= 0.6 is 0 Å². The van der Waals surface area contributed by atoms with Crippen LogP contribution in [0.1, 0.15) is 28.8 Å². The number of aromatic carboxylic acids is 1. The molecule has 0 unspecified atom stereocenters. The average Bonchev–Trinajstić information content (AvgIpc) is 2.48. The number of carbonyl (C=O) groups is 2. The molecule has 1 atom stereocenters. The van der Waals surface area contributed by atoms with Gasteiger partial charge in [-0.25, -0.2) is 4.79 Å². The zero-order valence-corrected chi connectivity index (χ0v) is 11.4. The standard InChI is InChI=1S/C15H20N2O3/c18-14(12-5-3-8-16-10-12)17-9-7-11-4-1-2-6-13(11)15(19)20/h1-2,4,6,12,16H,3,5,7-10H2,(H,17,18)(H,19,20)/t12-/m1/s1.